The van der Waals surface area contributed by atoms with Crippen LogP contribution in [0, 0.1) is 0 Å². The van der Waals surface area contributed by atoms with Crippen molar-refractivity contribution in [3.05, 3.63) is 23.9 Å². The van der Waals surface area contributed by atoms with Crippen molar-refractivity contribution in [1.29, 1.82) is 0 Å². The van der Waals surface area contributed by atoms with Gasteiger partial charge >= 0.3 is 6.18 Å². The Balaban J connectivity index is 2.48. The van der Waals surface area contributed by atoms with Gasteiger partial charge in [-0.05, 0) is 37.0 Å². The van der Waals surface area contributed by atoms with Crippen molar-refractivity contribution in [2.45, 2.75) is 32.5 Å². The maximum absolute atomic E-state index is 12.3. The first-order valence-corrected chi connectivity index (χ1v) is 6.96. The van der Waals surface area contributed by atoms with Crippen LogP contribution in [0.15, 0.2) is 18.3 Å². The predicted octanol–water partition coefficient (Wildman–Crippen LogP) is 4.04. The molecule has 0 saturated heterocycles. The molecule has 1 N–H and O–H groups in total. The van der Waals surface area contributed by atoms with Crippen LogP contribution in [-0.2, 0) is 6.18 Å². The molecular weight excluding hydrogens is 261 g/mol. The van der Waals surface area contributed by atoms with Gasteiger partial charge in [0.05, 0.1) is 5.56 Å². The van der Waals surface area contributed by atoms with Crippen LogP contribution in [0.2, 0.25) is 0 Å². The minimum Gasteiger partial charge on any atom is -0.368 e. The van der Waals surface area contributed by atoms with E-state index in [4.69, 9.17) is 0 Å². The topological polar surface area (TPSA) is 24.9 Å². The van der Waals surface area contributed by atoms with Gasteiger partial charge in [0.1, 0.15) is 5.82 Å². The molecule has 18 heavy (non-hydrogen) atoms. The summed E-state index contributed by atoms with van der Waals surface area (Å²) in [6, 6.07) is 2.61. The average Bonchev–Trinajstić information content (AvgIpc) is 2.29. The third-order valence-electron chi connectivity index (χ3n) is 2.38. The molecule has 0 amide bonds. The fraction of sp³-hybridized carbons (Fsp3) is 0.583. The van der Waals surface area contributed by atoms with Gasteiger partial charge in [-0.2, -0.15) is 24.9 Å². The molecule has 102 valence electrons. The number of alkyl halides is 3. The van der Waals surface area contributed by atoms with Gasteiger partial charge in [-0.3, -0.25) is 0 Å². The van der Waals surface area contributed by atoms with Crippen LogP contribution < -0.4 is 5.32 Å². The van der Waals surface area contributed by atoms with Gasteiger partial charge in [0.25, 0.3) is 0 Å². The Morgan fingerprint density at radius 1 is 1.39 bits per heavy atom. The number of anilines is 1. The van der Waals surface area contributed by atoms with E-state index in [0.29, 0.717) is 5.82 Å². The monoisotopic (exact) mass is 278 g/mol. The molecule has 0 aliphatic carbocycles. The molecule has 0 fully saturated rings. The van der Waals surface area contributed by atoms with Gasteiger partial charge in [-0.25, -0.2) is 4.98 Å². The van der Waals surface area contributed by atoms with Crippen molar-refractivity contribution >= 4 is 17.6 Å². The predicted molar refractivity (Wildman–Crippen MR) is 69.9 cm³/mol. The number of halogens is 3. The van der Waals surface area contributed by atoms with Crippen LogP contribution >= 0.6 is 11.8 Å². The standard InChI is InChI=1S/C12H17F3N2S/c1-3-18-7-6-9(2)17-11-5-4-10(8-16-11)12(13,14)15/h4-5,8-9H,3,6-7H2,1-2H3,(H,16,17). The zero-order chi connectivity index (χ0) is 13.6. The summed E-state index contributed by atoms with van der Waals surface area (Å²) in [5.41, 5.74) is -0.720. The number of rotatable bonds is 6. The fourth-order valence-electron chi connectivity index (χ4n) is 1.38. The molecule has 0 radical (unpaired) electrons. The third-order valence-corrected chi connectivity index (χ3v) is 3.32. The SMILES string of the molecule is CCSCCC(C)Nc1ccc(C(F)(F)F)cn1. The maximum Gasteiger partial charge on any atom is 0.417 e. The third kappa shape index (κ3) is 5.16. The van der Waals surface area contributed by atoms with Crippen molar-refractivity contribution in [3.63, 3.8) is 0 Å². The smallest absolute Gasteiger partial charge is 0.368 e. The number of nitrogens with one attached hydrogen (secondary N) is 1. The molecule has 0 aliphatic heterocycles. The van der Waals surface area contributed by atoms with Gasteiger partial charge in [-0.15, -0.1) is 0 Å². The summed E-state index contributed by atoms with van der Waals surface area (Å²) in [6.07, 6.45) is -2.51. The minimum absolute atomic E-state index is 0.202. The summed E-state index contributed by atoms with van der Waals surface area (Å²) >= 11 is 1.84. The summed E-state index contributed by atoms with van der Waals surface area (Å²) in [7, 11) is 0. The first kappa shape index (κ1) is 15.1. The van der Waals surface area contributed by atoms with Crippen LogP contribution in [0.5, 0.6) is 0 Å². The quantitative estimate of drug-likeness (QED) is 0.795. The molecule has 1 aromatic heterocycles. The van der Waals surface area contributed by atoms with Crippen LogP contribution in [0.25, 0.3) is 0 Å². The lowest BCUT2D eigenvalue weighted by Gasteiger charge is -2.14. The molecule has 1 unspecified atom stereocenters. The van der Waals surface area contributed by atoms with Gasteiger partial charge < -0.3 is 5.32 Å². The lowest BCUT2D eigenvalue weighted by molar-refractivity contribution is -0.137. The molecule has 0 aromatic carbocycles. The lowest BCUT2D eigenvalue weighted by atomic mass is 10.2. The highest BCUT2D eigenvalue weighted by Gasteiger charge is 2.30. The second-order valence-corrected chi connectivity index (χ2v) is 5.35. The highest BCUT2D eigenvalue weighted by atomic mass is 32.2. The van der Waals surface area contributed by atoms with E-state index in [1.165, 1.54) is 6.07 Å². The Labute approximate surface area is 109 Å². The zero-order valence-electron chi connectivity index (χ0n) is 10.4. The van der Waals surface area contributed by atoms with E-state index >= 15 is 0 Å². The molecule has 0 saturated carbocycles. The maximum atomic E-state index is 12.3. The second-order valence-electron chi connectivity index (χ2n) is 3.96. The average molecular weight is 278 g/mol. The highest BCUT2D eigenvalue weighted by molar-refractivity contribution is 7.99. The number of aromatic nitrogens is 1. The van der Waals surface area contributed by atoms with E-state index in [-0.39, 0.29) is 6.04 Å². The van der Waals surface area contributed by atoms with Crippen LogP contribution in [-0.4, -0.2) is 22.5 Å². The summed E-state index contributed by atoms with van der Waals surface area (Å²) in [5.74, 6) is 2.59. The van der Waals surface area contributed by atoms with E-state index < -0.39 is 11.7 Å². The zero-order valence-corrected chi connectivity index (χ0v) is 11.2. The fourth-order valence-corrected chi connectivity index (χ4v) is 2.18. The summed E-state index contributed by atoms with van der Waals surface area (Å²) in [5, 5.41) is 3.09. The largest absolute Gasteiger partial charge is 0.417 e. The van der Waals surface area contributed by atoms with Crippen LogP contribution in [0.3, 0.4) is 0 Å². The van der Waals surface area contributed by atoms with E-state index in [2.05, 4.69) is 17.2 Å². The second kappa shape index (κ2) is 6.87. The Hall–Kier alpha value is -0.910. The van der Waals surface area contributed by atoms with Crippen LogP contribution in [0.1, 0.15) is 25.8 Å². The lowest BCUT2D eigenvalue weighted by Crippen LogP contribution is -2.17. The number of pyridine rings is 1. The molecule has 0 spiro atoms. The molecule has 1 heterocycles. The van der Waals surface area contributed by atoms with Crippen molar-refractivity contribution in [1.82, 2.24) is 4.98 Å². The van der Waals surface area contributed by atoms with Gasteiger partial charge in [0, 0.05) is 12.2 Å². The Bertz CT molecular complexity index is 351. The molecule has 1 aromatic rings. The Kier molecular flexibility index (Phi) is 5.78. The Morgan fingerprint density at radius 2 is 2.11 bits per heavy atom. The number of hydrogen-bond acceptors (Lipinski definition) is 3. The molecule has 0 aliphatic rings. The van der Waals surface area contributed by atoms with Crippen molar-refractivity contribution in [2.24, 2.45) is 0 Å². The van der Waals surface area contributed by atoms with E-state index in [1.54, 1.807) is 0 Å². The Morgan fingerprint density at radius 3 is 2.61 bits per heavy atom. The molecular formula is C12H17F3N2S. The van der Waals surface area contributed by atoms with Gasteiger partial charge in [0.2, 0.25) is 0 Å². The molecule has 2 nitrogen and oxygen atoms in total. The first-order chi connectivity index (χ1) is 8.43. The van der Waals surface area contributed by atoms with Gasteiger partial charge in [0.15, 0.2) is 0 Å². The van der Waals surface area contributed by atoms with Crippen molar-refractivity contribution in [2.75, 3.05) is 16.8 Å². The van der Waals surface area contributed by atoms with E-state index in [0.717, 1.165) is 30.2 Å². The first-order valence-electron chi connectivity index (χ1n) is 5.81. The van der Waals surface area contributed by atoms with E-state index in [1.807, 2.05) is 18.7 Å². The normalized spacial score (nSPS) is 13.4. The van der Waals surface area contributed by atoms with Crippen molar-refractivity contribution in [3.8, 4) is 0 Å². The number of nitrogens with zero attached hydrogens (tertiary/aromatic N) is 1. The molecule has 6 heteroatoms. The highest BCUT2D eigenvalue weighted by Crippen LogP contribution is 2.28. The number of thioether (sulfide) groups is 1. The summed E-state index contributed by atoms with van der Waals surface area (Å²) in [6.45, 7) is 4.09. The number of hydrogen-bond donors (Lipinski definition) is 1. The van der Waals surface area contributed by atoms with Crippen LogP contribution in [0.4, 0.5) is 19.0 Å². The molecule has 1 atom stereocenters. The summed E-state index contributed by atoms with van der Waals surface area (Å²) < 4.78 is 37.0. The van der Waals surface area contributed by atoms with Gasteiger partial charge in [-0.1, -0.05) is 6.92 Å². The molecule has 1 rings (SSSR count). The van der Waals surface area contributed by atoms with Crippen molar-refractivity contribution < 1.29 is 13.2 Å². The minimum atomic E-state index is -4.32. The summed E-state index contributed by atoms with van der Waals surface area (Å²) in [4.78, 5) is 3.78. The molecule has 0 bridgehead atoms. The van der Waals surface area contributed by atoms with E-state index in [9.17, 15) is 13.2 Å².